The number of carboxylic acid groups (broad SMARTS) is 1. The Bertz CT molecular complexity index is 1020. The molecule has 0 unspecified atom stereocenters. The maximum atomic E-state index is 12.3. The van der Waals surface area contributed by atoms with Crippen molar-refractivity contribution in [1.82, 2.24) is 10.6 Å². The Kier molecular flexibility index (Phi) is 7.87. The number of nitrogens with one attached hydrogen (secondary N) is 2. The highest BCUT2D eigenvalue weighted by molar-refractivity contribution is 5.95. The number of carbonyl (C=O) groups excluding carboxylic acids is 2. The number of alkyl carbamates (subject to hydrolysis) is 1. The lowest BCUT2D eigenvalue weighted by Crippen LogP contribution is -2.45. The quantitative estimate of drug-likeness (QED) is 0.499. The minimum absolute atomic E-state index is 0.0280. The number of aliphatic carboxylic acids is 1. The first-order chi connectivity index (χ1) is 15.8. The molecule has 0 saturated carbocycles. The highest BCUT2D eigenvalue weighted by atomic mass is 16.5. The van der Waals surface area contributed by atoms with Crippen LogP contribution >= 0.6 is 0 Å². The average Bonchev–Trinajstić information content (AvgIpc) is 3.14. The van der Waals surface area contributed by atoms with Gasteiger partial charge in [0.25, 0.3) is 0 Å². The number of carbonyl (C=O) groups is 3. The fraction of sp³-hybridized carbons (Fsp3) is 0.346. The number of ether oxygens (including phenoxy) is 1. The molecule has 1 aliphatic carbocycles. The number of hydrogen-bond acceptors (Lipinski definition) is 4. The Morgan fingerprint density at radius 3 is 2.18 bits per heavy atom. The molecule has 0 radical (unpaired) electrons. The van der Waals surface area contributed by atoms with E-state index >= 15 is 0 Å². The summed E-state index contributed by atoms with van der Waals surface area (Å²) in [6.07, 6.45) is 1.58. The molecule has 0 aliphatic heterocycles. The molecule has 2 aromatic carbocycles. The van der Waals surface area contributed by atoms with E-state index in [0.29, 0.717) is 12.0 Å². The molecule has 0 bridgehead atoms. The summed E-state index contributed by atoms with van der Waals surface area (Å²) in [5, 5.41) is 14.5. The summed E-state index contributed by atoms with van der Waals surface area (Å²) in [7, 11) is 0. The van der Waals surface area contributed by atoms with Crippen molar-refractivity contribution in [3.8, 4) is 11.1 Å². The Morgan fingerprint density at radius 2 is 1.64 bits per heavy atom. The molecule has 7 heteroatoms. The minimum atomic E-state index is -1.07. The van der Waals surface area contributed by atoms with E-state index < -0.39 is 24.0 Å². The minimum Gasteiger partial charge on any atom is -0.480 e. The van der Waals surface area contributed by atoms with Crippen molar-refractivity contribution in [3.63, 3.8) is 0 Å². The second kappa shape index (κ2) is 10.8. The Balaban J connectivity index is 1.52. The van der Waals surface area contributed by atoms with Crippen LogP contribution in [-0.2, 0) is 14.3 Å². The topological polar surface area (TPSA) is 105 Å². The molecule has 2 atom stereocenters. The zero-order valence-corrected chi connectivity index (χ0v) is 19.1. The summed E-state index contributed by atoms with van der Waals surface area (Å²) in [6, 6.07) is 15.2. The third kappa shape index (κ3) is 5.61. The summed E-state index contributed by atoms with van der Waals surface area (Å²) < 4.78 is 5.47. The van der Waals surface area contributed by atoms with E-state index in [-0.39, 0.29) is 25.0 Å². The lowest BCUT2D eigenvalue weighted by Gasteiger charge is -2.20. The van der Waals surface area contributed by atoms with E-state index in [9.17, 15) is 19.5 Å². The van der Waals surface area contributed by atoms with Crippen molar-refractivity contribution in [2.75, 3.05) is 13.2 Å². The zero-order chi connectivity index (χ0) is 24.0. The molecule has 0 spiro atoms. The van der Waals surface area contributed by atoms with Gasteiger partial charge in [-0.15, -0.1) is 0 Å². The molecule has 33 heavy (non-hydrogen) atoms. The van der Waals surface area contributed by atoms with Crippen molar-refractivity contribution < 1.29 is 24.2 Å². The van der Waals surface area contributed by atoms with Crippen LogP contribution in [0.4, 0.5) is 4.79 Å². The van der Waals surface area contributed by atoms with Crippen LogP contribution in [0.25, 0.3) is 11.1 Å². The zero-order valence-electron chi connectivity index (χ0n) is 19.1. The van der Waals surface area contributed by atoms with Crippen molar-refractivity contribution in [2.45, 2.75) is 39.2 Å². The predicted octanol–water partition coefficient (Wildman–Crippen LogP) is 4.09. The van der Waals surface area contributed by atoms with E-state index in [1.165, 1.54) is 6.08 Å². The molecular weight excluding hydrogens is 420 g/mol. The first-order valence-corrected chi connectivity index (χ1v) is 11.1. The summed E-state index contributed by atoms with van der Waals surface area (Å²) >= 11 is 0. The molecule has 3 N–H and O–H groups in total. The van der Waals surface area contributed by atoms with Crippen molar-refractivity contribution in [3.05, 3.63) is 71.3 Å². The van der Waals surface area contributed by atoms with Crippen LogP contribution in [0, 0.1) is 5.92 Å². The number of benzene rings is 2. The summed E-state index contributed by atoms with van der Waals surface area (Å²) in [5.74, 6) is -1.77. The number of fused-ring (bicyclic) bond motifs is 3. The summed E-state index contributed by atoms with van der Waals surface area (Å²) in [5.41, 5.74) is 4.90. The van der Waals surface area contributed by atoms with Gasteiger partial charge in [-0.1, -0.05) is 74.9 Å². The van der Waals surface area contributed by atoms with E-state index in [1.54, 1.807) is 13.8 Å². The monoisotopic (exact) mass is 450 g/mol. The van der Waals surface area contributed by atoms with Crippen molar-refractivity contribution >= 4 is 18.0 Å². The molecule has 2 amide bonds. The Hall–Kier alpha value is -3.61. The summed E-state index contributed by atoms with van der Waals surface area (Å²) in [6.45, 7) is 5.52. The highest BCUT2D eigenvalue weighted by Gasteiger charge is 2.29. The van der Waals surface area contributed by atoms with Crippen molar-refractivity contribution in [2.24, 2.45) is 5.92 Å². The largest absolute Gasteiger partial charge is 0.480 e. The molecule has 2 aromatic rings. The van der Waals surface area contributed by atoms with Gasteiger partial charge in [-0.05, 0) is 35.1 Å². The normalized spacial score (nSPS) is 14.6. The molecule has 7 nitrogen and oxygen atoms in total. The fourth-order valence-electron chi connectivity index (χ4n) is 3.97. The van der Waals surface area contributed by atoms with Gasteiger partial charge in [-0.3, -0.25) is 4.79 Å². The van der Waals surface area contributed by atoms with Gasteiger partial charge in [0, 0.05) is 18.0 Å². The fourth-order valence-corrected chi connectivity index (χ4v) is 3.97. The van der Waals surface area contributed by atoms with Gasteiger partial charge >= 0.3 is 12.1 Å². The van der Waals surface area contributed by atoms with Gasteiger partial charge in [-0.25, -0.2) is 9.59 Å². The van der Waals surface area contributed by atoms with E-state index in [2.05, 4.69) is 34.9 Å². The molecule has 0 fully saturated rings. The Labute approximate surface area is 193 Å². The van der Waals surface area contributed by atoms with Crippen LogP contribution in [-0.4, -0.2) is 42.3 Å². The Morgan fingerprint density at radius 1 is 1.06 bits per heavy atom. The maximum Gasteiger partial charge on any atom is 0.407 e. The number of rotatable bonds is 9. The van der Waals surface area contributed by atoms with E-state index in [4.69, 9.17) is 4.74 Å². The molecule has 0 heterocycles. The standard InChI is InChI=1S/C26H30N2O5/c1-4-16(2)23(25(30)31)28-24(29)17(3)13-14-27-26(32)33-15-22-20-11-7-5-9-18(20)19-10-6-8-12-21(19)22/h5-13,16,22-23H,4,14-15H2,1-3H3,(H,27,32)(H,28,29)(H,30,31)/b17-13+/t16-,23-/m0/s1. The number of hydrogen-bond donors (Lipinski definition) is 3. The third-order valence-corrected chi connectivity index (χ3v) is 6.12. The van der Waals surface area contributed by atoms with Gasteiger partial charge in [0.2, 0.25) is 5.91 Å². The maximum absolute atomic E-state index is 12.3. The number of amides is 2. The highest BCUT2D eigenvalue weighted by Crippen LogP contribution is 2.44. The van der Waals surface area contributed by atoms with E-state index in [1.807, 2.05) is 31.2 Å². The first kappa shape index (κ1) is 24.0. The molecule has 3 rings (SSSR count). The van der Waals surface area contributed by atoms with Crippen LogP contribution in [0.2, 0.25) is 0 Å². The van der Waals surface area contributed by atoms with Crippen molar-refractivity contribution in [1.29, 1.82) is 0 Å². The van der Waals surface area contributed by atoms with Gasteiger partial charge < -0.3 is 20.5 Å². The molecule has 0 aromatic heterocycles. The van der Waals surface area contributed by atoms with E-state index in [0.717, 1.165) is 22.3 Å². The van der Waals surface area contributed by atoms with Gasteiger partial charge in [-0.2, -0.15) is 0 Å². The van der Waals surface area contributed by atoms with Crippen LogP contribution in [0.5, 0.6) is 0 Å². The smallest absolute Gasteiger partial charge is 0.407 e. The molecule has 174 valence electrons. The summed E-state index contributed by atoms with van der Waals surface area (Å²) in [4.78, 5) is 35.9. The second-order valence-corrected chi connectivity index (χ2v) is 8.27. The van der Waals surface area contributed by atoms with Gasteiger partial charge in [0.05, 0.1) is 0 Å². The van der Waals surface area contributed by atoms with Gasteiger partial charge in [0.1, 0.15) is 12.6 Å². The van der Waals surface area contributed by atoms with Crippen LogP contribution in [0.15, 0.2) is 60.2 Å². The van der Waals surface area contributed by atoms with Crippen LogP contribution in [0.1, 0.15) is 44.2 Å². The van der Waals surface area contributed by atoms with Crippen LogP contribution in [0.3, 0.4) is 0 Å². The lowest BCUT2D eigenvalue weighted by atomic mass is 9.98. The predicted molar refractivity (Wildman–Crippen MR) is 126 cm³/mol. The SMILES string of the molecule is CC[C@H](C)[C@H](NC(=O)/C(C)=C/CNC(=O)OCC1c2ccccc2-c2ccccc21)C(=O)O. The molecule has 0 saturated heterocycles. The third-order valence-electron chi connectivity index (χ3n) is 6.12. The number of carboxylic acids is 1. The molecular formula is C26H30N2O5. The van der Waals surface area contributed by atoms with Crippen LogP contribution < -0.4 is 10.6 Å². The first-order valence-electron chi connectivity index (χ1n) is 11.1. The second-order valence-electron chi connectivity index (χ2n) is 8.27. The lowest BCUT2D eigenvalue weighted by molar-refractivity contribution is -0.142. The van der Waals surface area contributed by atoms with Gasteiger partial charge in [0.15, 0.2) is 0 Å². The average molecular weight is 451 g/mol. The molecule has 1 aliphatic rings.